The second kappa shape index (κ2) is 6.93. The number of rotatable bonds is 4. The maximum atomic E-state index is 12.3. The van der Waals surface area contributed by atoms with Gasteiger partial charge in [0.05, 0.1) is 0 Å². The Morgan fingerprint density at radius 1 is 1.04 bits per heavy atom. The molecule has 0 aliphatic heterocycles. The quantitative estimate of drug-likeness (QED) is 0.765. The molecule has 0 bridgehead atoms. The van der Waals surface area contributed by atoms with E-state index in [9.17, 15) is 4.79 Å². The number of anilines is 1. The molecule has 1 amide bonds. The van der Waals surface area contributed by atoms with Crippen LogP contribution in [0.5, 0.6) is 5.75 Å². The summed E-state index contributed by atoms with van der Waals surface area (Å²) in [7, 11) is 0. The Balaban J connectivity index is 1.74. The van der Waals surface area contributed by atoms with Gasteiger partial charge in [-0.3, -0.25) is 4.79 Å². The Labute approximate surface area is 147 Å². The van der Waals surface area contributed by atoms with Crippen LogP contribution in [-0.2, 0) is 4.79 Å². The average Bonchev–Trinajstić information content (AvgIpc) is 2.56. The van der Waals surface area contributed by atoms with Crippen molar-refractivity contribution in [1.29, 1.82) is 0 Å². The zero-order chi connectivity index (χ0) is 18.0. The van der Waals surface area contributed by atoms with Gasteiger partial charge in [-0.05, 0) is 51.0 Å². The van der Waals surface area contributed by atoms with Crippen molar-refractivity contribution in [3.63, 3.8) is 0 Å². The first-order valence-electron chi connectivity index (χ1n) is 8.31. The summed E-state index contributed by atoms with van der Waals surface area (Å²) in [6.45, 7) is 7.92. The number of pyridine rings is 1. The molecule has 2 aromatic carbocycles. The van der Waals surface area contributed by atoms with E-state index in [0.717, 1.165) is 33.4 Å². The van der Waals surface area contributed by atoms with Crippen LogP contribution in [0.3, 0.4) is 0 Å². The zero-order valence-corrected chi connectivity index (χ0v) is 15.0. The third-order valence-corrected chi connectivity index (χ3v) is 4.12. The summed E-state index contributed by atoms with van der Waals surface area (Å²) in [4.78, 5) is 16.8. The summed E-state index contributed by atoms with van der Waals surface area (Å²) >= 11 is 0. The molecule has 3 aromatic rings. The summed E-state index contributed by atoms with van der Waals surface area (Å²) < 4.78 is 5.74. The summed E-state index contributed by atoms with van der Waals surface area (Å²) in [6, 6.07) is 13.8. The fourth-order valence-corrected chi connectivity index (χ4v) is 3.03. The van der Waals surface area contributed by atoms with Gasteiger partial charge in [-0.2, -0.15) is 0 Å². The Kier molecular flexibility index (Phi) is 4.70. The first-order chi connectivity index (χ1) is 11.9. The van der Waals surface area contributed by atoms with Crippen molar-refractivity contribution in [3.8, 4) is 5.75 Å². The maximum Gasteiger partial charge on any atom is 0.262 e. The van der Waals surface area contributed by atoms with Crippen LogP contribution >= 0.6 is 0 Å². The number of hydrogen-bond donors (Lipinski definition) is 1. The highest BCUT2D eigenvalue weighted by Crippen LogP contribution is 2.25. The van der Waals surface area contributed by atoms with Crippen LogP contribution in [0.25, 0.3) is 10.9 Å². The second-order valence-electron chi connectivity index (χ2n) is 6.39. The van der Waals surface area contributed by atoms with Crippen LogP contribution < -0.4 is 10.1 Å². The van der Waals surface area contributed by atoms with Crippen molar-refractivity contribution in [2.75, 3.05) is 11.9 Å². The molecule has 4 heteroatoms. The summed E-state index contributed by atoms with van der Waals surface area (Å²) in [5.74, 6) is 0.438. The molecule has 25 heavy (non-hydrogen) atoms. The number of ether oxygens (including phenoxy) is 1. The number of aryl methyl sites for hydroxylation is 4. The van der Waals surface area contributed by atoms with Gasteiger partial charge < -0.3 is 10.1 Å². The lowest BCUT2D eigenvalue weighted by atomic mass is 10.1. The highest BCUT2D eigenvalue weighted by atomic mass is 16.5. The lowest BCUT2D eigenvalue weighted by molar-refractivity contribution is -0.118. The number of nitrogens with one attached hydrogen (secondary N) is 1. The molecule has 0 atom stereocenters. The number of aromatic nitrogens is 1. The third kappa shape index (κ3) is 3.79. The van der Waals surface area contributed by atoms with Gasteiger partial charge in [-0.1, -0.05) is 35.9 Å². The topological polar surface area (TPSA) is 51.2 Å². The highest BCUT2D eigenvalue weighted by Gasteiger charge is 2.10. The summed E-state index contributed by atoms with van der Waals surface area (Å²) in [6.07, 6.45) is 0. The van der Waals surface area contributed by atoms with E-state index in [1.54, 1.807) is 0 Å². The number of carbonyl (C=O) groups is 1. The van der Waals surface area contributed by atoms with Crippen LogP contribution in [0.4, 0.5) is 5.69 Å². The standard InChI is InChI=1S/C21H22N2O2/c1-13-10-14(2)20(15(3)11-13)23-19(24)12-25-18-7-5-6-17-9-8-16(4)22-21(17)18/h5-11H,12H2,1-4H3,(H,23,24). The molecular formula is C21H22N2O2. The van der Waals surface area contributed by atoms with Crippen molar-refractivity contribution < 1.29 is 9.53 Å². The van der Waals surface area contributed by atoms with E-state index < -0.39 is 0 Å². The van der Waals surface area contributed by atoms with Crippen molar-refractivity contribution >= 4 is 22.5 Å². The van der Waals surface area contributed by atoms with Crippen molar-refractivity contribution in [2.24, 2.45) is 0 Å². The zero-order valence-electron chi connectivity index (χ0n) is 15.0. The number of amides is 1. The molecule has 0 aliphatic carbocycles. The molecule has 0 radical (unpaired) electrons. The summed E-state index contributed by atoms with van der Waals surface area (Å²) in [5, 5.41) is 3.95. The first-order valence-corrected chi connectivity index (χ1v) is 8.31. The SMILES string of the molecule is Cc1cc(C)c(NC(=O)COc2cccc3ccc(C)nc23)c(C)c1. The van der Waals surface area contributed by atoms with Crippen LogP contribution in [-0.4, -0.2) is 17.5 Å². The monoisotopic (exact) mass is 334 g/mol. The van der Waals surface area contributed by atoms with E-state index in [-0.39, 0.29) is 12.5 Å². The van der Waals surface area contributed by atoms with Gasteiger partial charge in [0.15, 0.2) is 6.61 Å². The molecule has 128 valence electrons. The van der Waals surface area contributed by atoms with E-state index in [4.69, 9.17) is 4.74 Å². The molecule has 0 saturated heterocycles. The van der Waals surface area contributed by atoms with Crippen molar-refractivity contribution in [1.82, 2.24) is 4.98 Å². The fourth-order valence-electron chi connectivity index (χ4n) is 3.03. The second-order valence-corrected chi connectivity index (χ2v) is 6.39. The third-order valence-electron chi connectivity index (χ3n) is 4.12. The number of fused-ring (bicyclic) bond motifs is 1. The smallest absolute Gasteiger partial charge is 0.262 e. The lowest BCUT2D eigenvalue weighted by Gasteiger charge is -2.14. The number of hydrogen-bond acceptors (Lipinski definition) is 3. The molecule has 0 saturated carbocycles. The van der Waals surface area contributed by atoms with Gasteiger partial charge in [-0.15, -0.1) is 0 Å². The maximum absolute atomic E-state index is 12.3. The Morgan fingerprint density at radius 2 is 1.76 bits per heavy atom. The minimum absolute atomic E-state index is 0.0541. The normalized spacial score (nSPS) is 10.7. The number of nitrogens with zero attached hydrogens (tertiary/aromatic N) is 1. The minimum Gasteiger partial charge on any atom is -0.481 e. The Morgan fingerprint density at radius 3 is 2.48 bits per heavy atom. The van der Waals surface area contributed by atoms with Gasteiger partial charge >= 0.3 is 0 Å². The molecule has 0 fully saturated rings. The van der Waals surface area contributed by atoms with Gasteiger partial charge in [0.25, 0.3) is 5.91 Å². The predicted molar refractivity (Wildman–Crippen MR) is 101 cm³/mol. The predicted octanol–water partition coefficient (Wildman–Crippen LogP) is 4.49. The molecule has 3 rings (SSSR count). The van der Waals surface area contributed by atoms with Crippen molar-refractivity contribution in [2.45, 2.75) is 27.7 Å². The van der Waals surface area contributed by atoms with Crippen LogP contribution in [0.1, 0.15) is 22.4 Å². The number of carbonyl (C=O) groups excluding carboxylic acids is 1. The molecule has 0 aliphatic rings. The first kappa shape index (κ1) is 17.0. The average molecular weight is 334 g/mol. The van der Waals surface area contributed by atoms with Crippen LogP contribution in [0, 0.1) is 27.7 Å². The van der Waals surface area contributed by atoms with E-state index in [1.807, 2.05) is 58.0 Å². The molecule has 1 aromatic heterocycles. The van der Waals surface area contributed by atoms with Gasteiger partial charge in [0.1, 0.15) is 11.3 Å². The molecule has 0 spiro atoms. The summed E-state index contributed by atoms with van der Waals surface area (Å²) in [5.41, 5.74) is 5.83. The lowest BCUT2D eigenvalue weighted by Crippen LogP contribution is -2.21. The number of benzene rings is 2. The molecule has 1 heterocycles. The highest BCUT2D eigenvalue weighted by molar-refractivity contribution is 5.94. The molecule has 4 nitrogen and oxygen atoms in total. The Hall–Kier alpha value is -2.88. The largest absolute Gasteiger partial charge is 0.481 e. The van der Waals surface area contributed by atoms with E-state index in [1.165, 1.54) is 5.56 Å². The molecule has 0 unspecified atom stereocenters. The van der Waals surface area contributed by atoms with Crippen LogP contribution in [0.15, 0.2) is 42.5 Å². The van der Waals surface area contributed by atoms with Gasteiger partial charge in [0, 0.05) is 16.8 Å². The minimum atomic E-state index is -0.181. The van der Waals surface area contributed by atoms with E-state index in [2.05, 4.69) is 22.4 Å². The van der Waals surface area contributed by atoms with Gasteiger partial charge in [0.2, 0.25) is 0 Å². The van der Waals surface area contributed by atoms with E-state index in [0.29, 0.717) is 5.75 Å². The molecule has 1 N–H and O–H groups in total. The van der Waals surface area contributed by atoms with E-state index >= 15 is 0 Å². The molecular weight excluding hydrogens is 312 g/mol. The Bertz CT molecular complexity index is 925. The van der Waals surface area contributed by atoms with Gasteiger partial charge in [-0.25, -0.2) is 4.98 Å². The van der Waals surface area contributed by atoms with Crippen molar-refractivity contribution in [3.05, 3.63) is 64.8 Å². The van der Waals surface area contributed by atoms with Crippen LogP contribution in [0.2, 0.25) is 0 Å². The number of para-hydroxylation sites is 1. The fraction of sp³-hybridized carbons (Fsp3) is 0.238.